The van der Waals surface area contributed by atoms with E-state index in [1.165, 1.54) is 5.56 Å². The Morgan fingerprint density at radius 2 is 1.85 bits per heavy atom. The summed E-state index contributed by atoms with van der Waals surface area (Å²) in [6.45, 7) is 4.67. The quantitative estimate of drug-likeness (QED) is 0.783. The number of nitrogens with two attached hydrogens (primary N) is 1. The van der Waals surface area contributed by atoms with Gasteiger partial charge in [0.2, 0.25) is 0 Å². The molecule has 2 heterocycles. The van der Waals surface area contributed by atoms with E-state index in [2.05, 4.69) is 42.6 Å². The summed E-state index contributed by atoms with van der Waals surface area (Å²) in [6.07, 6.45) is 0. The SMILES string of the molecule is Cc1nc2c(cc1N)nc(C)n2Cc1ccc(Br)cc1. The number of fused-ring (bicyclic) bond motifs is 1. The zero-order chi connectivity index (χ0) is 14.3. The van der Waals surface area contributed by atoms with Crippen molar-refractivity contribution in [1.82, 2.24) is 14.5 Å². The Kier molecular flexibility index (Phi) is 3.22. The molecule has 3 aromatic rings. The predicted molar refractivity (Wildman–Crippen MR) is 84.7 cm³/mol. The molecule has 20 heavy (non-hydrogen) atoms. The number of anilines is 1. The van der Waals surface area contributed by atoms with Crippen LogP contribution in [-0.2, 0) is 6.54 Å². The van der Waals surface area contributed by atoms with Crippen LogP contribution in [-0.4, -0.2) is 14.5 Å². The Balaban J connectivity index is 2.08. The maximum absolute atomic E-state index is 5.90. The van der Waals surface area contributed by atoms with Crippen molar-refractivity contribution in [3.05, 3.63) is 51.9 Å². The number of nitrogen functional groups attached to an aromatic ring is 1. The first-order chi connectivity index (χ1) is 9.54. The Morgan fingerprint density at radius 3 is 2.55 bits per heavy atom. The van der Waals surface area contributed by atoms with Crippen LogP contribution in [0, 0.1) is 13.8 Å². The van der Waals surface area contributed by atoms with E-state index in [1.807, 2.05) is 32.0 Å². The standard InChI is InChI=1S/C15H15BrN4/c1-9-13(17)7-14-15(18-9)20(10(2)19-14)8-11-3-5-12(16)6-4-11/h3-7H,8,17H2,1-2H3. The van der Waals surface area contributed by atoms with Crippen LogP contribution in [0.2, 0.25) is 0 Å². The van der Waals surface area contributed by atoms with Crippen molar-refractivity contribution in [1.29, 1.82) is 0 Å². The molecule has 0 atom stereocenters. The van der Waals surface area contributed by atoms with Gasteiger partial charge in [0.25, 0.3) is 0 Å². The lowest BCUT2D eigenvalue weighted by Gasteiger charge is -2.07. The van der Waals surface area contributed by atoms with Gasteiger partial charge in [-0.05, 0) is 37.6 Å². The van der Waals surface area contributed by atoms with E-state index in [9.17, 15) is 0 Å². The summed E-state index contributed by atoms with van der Waals surface area (Å²) >= 11 is 3.45. The predicted octanol–water partition coefficient (Wildman–Crippen LogP) is 3.44. The minimum Gasteiger partial charge on any atom is -0.397 e. The van der Waals surface area contributed by atoms with Gasteiger partial charge < -0.3 is 10.3 Å². The Morgan fingerprint density at radius 1 is 1.15 bits per heavy atom. The zero-order valence-electron chi connectivity index (χ0n) is 11.4. The summed E-state index contributed by atoms with van der Waals surface area (Å²) in [5.41, 5.74) is 10.4. The summed E-state index contributed by atoms with van der Waals surface area (Å²) in [7, 11) is 0. The first-order valence-electron chi connectivity index (χ1n) is 6.39. The van der Waals surface area contributed by atoms with E-state index in [1.54, 1.807) is 0 Å². The molecule has 2 aromatic heterocycles. The molecule has 1 aromatic carbocycles. The van der Waals surface area contributed by atoms with E-state index in [0.29, 0.717) is 5.69 Å². The molecule has 3 rings (SSSR count). The van der Waals surface area contributed by atoms with Gasteiger partial charge in [-0.3, -0.25) is 0 Å². The largest absolute Gasteiger partial charge is 0.397 e. The minimum absolute atomic E-state index is 0.686. The molecule has 0 unspecified atom stereocenters. The van der Waals surface area contributed by atoms with Gasteiger partial charge in [-0.1, -0.05) is 28.1 Å². The fraction of sp³-hybridized carbons (Fsp3) is 0.200. The van der Waals surface area contributed by atoms with E-state index < -0.39 is 0 Å². The summed E-state index contributed by atoms with van der Waals surface area (Å²) in [4.78, 5) is 9.12. The number of rotatable bonds is 2. The van der Waals surface area contributed by atoms with Gasteiger partial charge in [0.15, 0.2) is 5.65 Å². The van der Waals surface area contributed by atoms with Crippen LogP contribution in [0.4, 0.5) is 5.69 Å². The average molecular weight is 331 g/mol. The molecule has 0 aliphatic carbocycles. The van der Waals surface area contributed by atoms with Gasteiger partial charge in [0.05, 0.1) is 17.9 Å². The molecule has 0 saturated heterocycles. The zero-order valence-corrected chi connectivity index (χ0v) is 13.0. The summed E-state index contributed by atoms with van der Waals surface area (Å²) in [5.74, 6) is 0.945. The fourth-order valence-corrected chi connectivity index (χ4v) is 2.49. The average Bonchev–Trinajstić information content (AvgIpc) is 2.69. The first kappa shape index (κ1) is 13.1. The van der Waals surface area contributed by atoms with Crippen molar-refractivity contribution >= 4 is 32.8 Å². The third kappa shape index (κ3) is 2.29. The first-order valence-corrected chi connectivity index (χ1v) is 7.18. The molecular formula is C15H15BrN4. The van der Waals surface area contributed by atoms with Gasteiger partial charge in [0.1, 0.15) is 11.3 Å². The van der Waals surface area contributed by atoms with Crippen molar-refractivity contribution in [2.24, 2.45) is 0 Å². The molecule has 0 spiro atoms. The highest BCUT2D eigenvalue weighted by atomic mass is 79.9. The van der Waals surface area contributed by atoms with Crippen LogP contribution >= 0.6 is 15.9 Å². The van der Waals surface area contributed by atoms with Crippen LogP contribution in [0.3, 0.4) is 0 Å². The topological polar surface area (TPSA) is 56.7 Å². The van der Waals surface area contributed by atoms with E-state index >= 15 is 0 Å². The molecule has 4 nitrogen and oxygen atoms in total. The number of halogens is 1. The molecule has 0 fully saturated rings. The number of pyridine rings is 1. The van der Waals surface area contributed by atoms with Crippen molar-refractivity contribution in [3.63, 3.8) is 0 Å². The fourth-order valence-electron chi connectivity index (χ4n) is 2.23. The minimum atomic E-state index is 0.686. The molecule has 0 amide bonds. The molecule has 0 aliphatic rings. The second kappa shape index (κ2) is 4.90. The van der Waals surface area contributed by atoms with Crippen molar-refractivity contribution in [2.45, 2.75) is 20.4 Å². The van der Waals surface area contributed by atoms with Gasteiger partial charge in [-0.15, -0.1) is 0 Å². The van der Waals surface area contributed by atoms with Gasteiger partial charge in [-0.25, -0.2) is 9.97 Å². The number of aryl methyl sites for hydroxylation is 2. The third-order valence-electron chi connectivity index (χ3n) is 3.40. The molecular weight excluding hydrogens is 316 g/mol. The lowest BCUT2D eigenvalue weighted by Crippen LogP contribution is -2.04. The molecule has 0 aliphatic heterocycles. The van der Waals surface area contributed by atoms with E-state index in [-0.39, 0.29) is 0 Å². The second-order valence-electron chi connectivity index (χ2n) is 4.88. The molecule has 5 heteroatoms. The third-order valence-corrected chi connectivity index (χ3v) is 3.92. The lowest BCUT2D eigenvalue weighted by molar-refractivity contribution is 0.776. The summed E-state index contributed by atoms with van der Waals surface area (Å²) in [5, 5.41) is 0. The number of benzene rings is 1. The van der Waals surface area contributed by atoms with E-state index in [4.69, 9.17) is 5.73 Å². The number of hydrogen-bond acceptors (Lipinski definition) is 3. The van der Waals surface area contributed by atoms with Crippen LogP contribution in [0.25, 0.3) is 11.2 Å². The highest BCUT2D eigenvalue weighted by molar-refractivity contribution is 9.10. The smallest absolute Gasteiger partial charge is 0.160 e. The lowest BCUT2D eigenvalue weighted by atomic mass is 10.2. The van der Waals surface area contributed by atoms with Crippen LogP contribution in [0.1, 0.15) is 17.1 Å². The summed E-state index contributed by atoms with van der Waals surface area (Å²) in [6, 6.07) is 10.2. The molecule has 2 N–H and O–H groups in total. The highest BCUT2D eigenvalue weighted by Crippen LogP contribution is 2.20. The van der Waals surface area contributed by atoms with Crippen LogP contribution in [0.5, 0.6) is 0 Å². The maximum Gasteiger partial charge on any atom is 0.160 e. The number of hydrogen-bond donors (Lipinski definition) is 1. The van der Waals surface area contributed by atoms with Crippen LogP contribution in [0.15, 0.2) is 34.8 Å². The van der Waals surface area contributed by atoms with Crippen LogP contribution < -0.4 is 5.73 Å². The number of nitrogens with zero attached hydrogens (tertiary/aromatic N) is 3. The monoisotopic (exact) mass is 330 g/mol. The van der Waals surface area contributed by atoms with Gasteiger partial charge in [0, 0.05) is 4.47 Å². The number of aromatic nitrogens is 3. The normalized spacial score (nSPS) is 11.2. The highest BCUT2D eigenvalue weighted by Gasteiger charge is 2.11. The summed E-state index contributed by atoms with van der Waals surface area (Å²) < 4.78 is 3.19. The van der Waals surface area contributed by atoms with Gasteiger partial charge >= 0.3 is 0 Å². The molecule has 0 radical (unpaired) electrons. The van der Waals surface area contributed by atoms with Crippen molar-refractivity contribution in [2.75, 3.05) is 5.73 Å². The second-order valence-corrected chi connectivity index (χ2v) is 5.79. The van der Waals surface area contributed by atoms with E-state index in [0.717, 1.165) is 33.7 Å². The van der Waals surface area contributed by atoms with Crippen molar-refractivity contribution < 1.29 is 0 Å². The molecule has 0 bridgehead atoms. The van der Waals surface area contributed by atoms with Crippen molar-refractivity contribution in [3.8, 4) is 0 Å². The molecule has 0 saturated carbocycles. The van der Waals surface area contributed by atoms with Gasteiger partial charge in [-0.2, -0.15) is 0 Å². The Hall–Kier alpha value is -1.88. The Bertz CT molecular complexity index is 775. The maximum atomic E-state index is 5.90. The number of imidazole rings is 1. The Labute approximate surface area is 125 Å². The molecule has 102 valence electrons.